The fourth-order valence-electron chi connectivity index (χ4n) is 3.65. The molecular weight excluding hydrogens is 256 g/mol. The van der Waals surface area contributed by atoms with Crippen molar-refractivity contribution in [1.82, 2.24) is 10.6 Å². The van der Waals surface area contributed by atoms with Gasteiger partial charge in [-0.1, -0.05) is 13.3 Å². The summed E-state index contributed by atoms with van der Waals surface area (Å²) in [5.74, 6) is -0.862. The van der Waals surface area contributed by atoms with Crippen LogP contribution in [-0.2, 0) is 9.59 Å². The molecule has 1 aliphatic carbocycles. The van der Waals surface area contributed by atoms with Crippen LogP contribution in [0.2, 0.25) is 0 Å². The maximum absolute atomic E-state index is 12.7. The number of carbonyl (C=O) groups is 2. The topological polar surface area (TPSA) is 78.4 Å². The monoisotopic (exact) mass is 282 g/mol. The molecule has 1 heterocycles. The number of hydrogen-bond donors (Lipinski definition) is 3. The molecule has 1 amide bonds. The average molecular weight is 282 g/mol. The number of hydrogen-bond acceptors (Lipinski definition) is 3. The van der Waals surface area contributed by atoms with E-state index in [0.717, 1.165) is 45.2 Å². The second-order valence-corrected chi connectivity index (χ2v) is 6.30. The van der Waals surface area contributed by atoms with E-state index >= 15 is 0 Å². The lowest BCUT2D eigenvalue weighted by molar-refractivity contribution is -0.141. The molecule has 2 fully saturated rings. The first-order valence-corrected chi connectivity index (χ1v) is 7.82. The number of aliphatic carboxylic acids is 1. The third kappa shape index (κ3) is 3.32. The van der Waals surface area contributed by atoms with Crippen molar-refractivity contribution >= 4 is 11.9 Å². The smallest absolute Gasteiger partial charge is 0.306 e. The Morgan fingerprint density at radius 3 is 2.55 bits per heavy atom. The van der Waals surface area contributed by atoms with Crippen LogP contribution in [0.25, 0.3) is 0 Å². The minimum Gasteiger partial charge on any atom is -0.481 e. The number of carboxylic acids is 1. The highest BCUT2D eigenvalue weighted by Gasteiger charge is 2.40. The summed E-state index contributed by atoms with van der Waals surface area (Å²) < 4.78 is 0. The normalized spacial score (nSPS) is 29.1. The Labute approximate surface area is 120 Å². The molecule has 2 atom stereocenters. The lowest BCUT2D eigenvalue weighted by atomic mass is 9.74. The Bertz CT molecular complexity index is 359. The fourth-order valence-corrected chi connectivity index (χ4v) is 3.65. The fraction of sp³-hybridized carbons (Fsp3) is 0.867. The van der Waals surface area contributed by atoms with Gasteiger partial charge in [-0.25, -0.2) is 0 Å². The summed E-state index contributed by atoms with van der Waals surface area (Å²) in [7, 11) is 0. The number of nitrogens with one attached hydrogen (secondary N) is 2. The molecule has 1 saturated carbocycles. The summed E-state index contributed by atoms with van der Waals surface area (Å²) in [5.41, 5.74) is -0.235. The maximum atomic E-state index is 12.7. The highest BCUT2D eigenvalue weighted by Crippen LogP contribution is 2.35. The van der Waals surface area contributed by atoms with Gasteiger partial charge in [0.25, 0.3) is 0 Å². The zero-order valence-electron chi connectivity index (χ0n) is 12.3. The van der Waals surface area contributed by atoms with E-state index in [9.17, 15) is 9.59 Å². The van der Waals surface area contributed by atoms with Gasteiger partial charge in [0, 0.05) is 6.04 Å². The van der Waals surface area contributed by atoms with E-state index in [0.29, 0.717) is 12.8 Å². The van der Waals surface area contributed by atoms with Gasteiger partial charge in [0.05, 0.1) is 11.3 Å². The zero-order valence-corrected chi connectivity index (χ0v) is 12.3. The van der Waals surface area contributed by atoms with Crippen LogP contribution in [-0.4, -0.2) is 36.1 Å². The molecule has 0 bridgehead atoms. The van der Waals surface area contributed by atoms with Crippen LogP contribution in [0.15, 0.2) is 0 Å². The van der Waals surface area contributed by atoms with Gasteiger partial charge < -0.3 is 15.7 Å². The molecule has 20 heavy (non-hydrogen) atoms. The van der Waals surface area contributed by atoms with Crippen molar-refractivity contribution in [3.63, 3.8) is 0 Å². The van der Waals surface area contributed by atoms with Crippen molar-refractivity contribution in [1.29, 1.82) is 0 Å². The van der Waals surface area contributed by atoms with Crippen molar-refractivity contribution in [2.75, 3.05) is 13.1 Å². The second kappa shape index (κ2) is 6.57. The molecule has 0 aromatic carbocycles. The minimum absolute atomic E-state index is 0.0483. The standard InChI is InChI=1S/C15H26N2O3/c1-2-5-15(6-8-16-9-7-15)14(20)17-12-4-3-11(10-12)13(18)19/h11-12,16H,2-10H2,1H3,(H,17,20)(H,18,19)/t11-,12+/m1/s1. The first kappa shape index (κ1) is 15.3. The van der Waals surface area contributed by atoms with Crippen molar-refractivity contribution in [2.24, 2.45) is 11.3 Å². The van der Waals surface area contributed by atoms with E-state index in [1.54, 1.807) is 0 Å². The van der Waals surface area contributed by atoms with Crippen molar-refractivity contribution < 1.29 is 14.7 Å². The van der Waals surface area contributed by atoms with Gasteiger partial charge in [0.15, 0.2) is 0 Å². The molecule has 5 heteroatoms. The van der Waals surface area contributed by atoms with Crippen LogP contribution in [0.5, 0.6) is 0 Å². The van der Waals surface area contributed by atoms with Gasteiger partial charge in [-0.2, -0.15) is 0 Å². The van der Waals surface area contributed by atoms with E-state index in [-0.39, 0.29) is 23.3 Å². The zero-order chi connectivity index (χ0) is 14.6. The molecule has 5 nitrogen and oxygen atoms in total. The second-order valence-electron chi connectivity index (χ2n) is 6.30. The molecule has 1 saturated heterocycles. The summed E-state index contributed by atoms with van der Waals surface area (Å²) in [5, 5.41) is 15.5. The molecule has 3 N–H and O–H groups in total. The number of piperidine rings is 1. The van der Waals surface area contributed by atoms with Gasteiger partial charge in [-0.3, -0.25) is 9.59 Å². The third-order valence-corrected chi connectivity index (χ3v) is 4.89. The Hall–Kier alpha value is -1.10. The van der Waals surface area contributed by atoms with E-state index in [1.807, 2.05) is 0 Å². The summed E-state index contributed by atoms with van der Waals surface area (Å²) >= 11 is 0. The number of rotatable bonds is 5. The van der Waals surface area contributed by atoms with Crippen LogP contribution < -0.4 is 10.6 Å². The van der Waals surface area contributed by atoms with Crippen molar-refractivity contribution in [3.05, 3.63) is 0 Å². The molecule has 2 aliphatic rings. The number of carbonyl (C=O) groups excluding carboxylic acids is 1. The summed E-state index contributed by atoms with van der Waals surface area (Å²) in [4.78, 5) is 23.6. The van der Waals surface area contributed by atoms with Crippen LogP contribution >= 0.6 is 0 Å². The average Bonchev–Trinajstić information content (AvgIpc) is 2.89. The highest BCUT2D eigenvalue weighted by atomic mass is 16.4. The van der Waals surface area contributed by atoms with Gasteiger partial charge in [0.2, 0.25) is 5.91 Å². The Kier molecular flexibility index (Phi) is 5.02. The van der Waals surface area contributed by atoms with Crippen LogP contribution in [0.4, 0.5) is 0 Å². The predicted octanol–water partition coefficient (Wildman–Crippen LogP) is 1.53. The molecular formula is C15H26N2O3. The van der Waals surface area contributed by atoms with Crippen LogP contribution in [0, 0.1) is 11.3 Å². The third-order valence-electron chi connectivity index (χ3n) is 4.89. The van der Waals surface area contributed by atoms with E-state index in [4.69, 9.17) is 5.11 Å². The maximum Gasteiger partial charge on any atom is 0.306 e. The molecule has 0 spiro atoms. The van der Waals surface area contributed by atoms with Gasteiger partial charge in [0.1, 0.15) is 0 Å². The first-order valence-electron chi connectivity index (χ1n) is 7.82. The first-order chi connectivity index (χ1) is 9.57. The molecule has 1 aliphatic heterocycles. The number of carboxylic acid groups (broad SMARTS) is 1. The van der Waals surface area contributed by atoms with Crippen LogP contribution in [0.1, 0.15) is 51.9 Å². The van der Waals surface area contributed by atoms with Crippen molar-refractivity contribution in [2.45, 2.75) is 57.9 Å². The van der Waals surface area contributed by atoms with Gasteiger partial charge >= 0.3 is 5.97 Å². The summed E-state index contributed by atoms with van der Waals surface area (Å²) in [6.45, 7) is 3.92. The Morgan fingerprint density at radius 1 is 1.30 bits per heavy atom. The van der Waals surface area contributed by atoms with Gasteiger partial charge in [-0.05, 0) is 51.6 Å². The minimum atomic E-state index is -0.730. The predicted molar refractivity (Wildman–Crippen MR) is 76.4 cm³/mol. The van der Waals surface area contributed by atoms with Crippen LogP contribution in [0.3, 0.4) is 0 Å². The van der Waals surface area contributed by atoms with Gasteiger partial charge in [-0.15, -0.1) is 0 Å². The van der Waals surface area contributed by atoms with E-state index in [2.05, 4.69) is 17.6 Å². The van der Waals surface area contributed by atoms with Crippen molar-refractivity contribution in [3.8, 4) is 0 Å². The van der Waals surface area contributed by atoms with E-state index in [1.165, 1.54) is 0 Å². The quantitative estimate of drug-likeness (QED) is 0.714. The molecule has 0 aromatic heterocycles. The molecule has 2 rings (SSSR count). The lowest BCUT2D eigenvalue weighted by Gasteiger charge is -2.37. The summed E-state index contributed by atoms with van der Waals surface area (Å²) in [6.07, 6.45) is 5.78. The number of amides is 1. The molecule has 114 valence electrons. The highest BCUT2D eigenvalue weighted by molar-refractivity contribution is 5.83. The molecule has 0 unspecified atom stereocenters. The Balaban J connectivity index is 1.94. The van der Waals surface area contributed by atoms with E-state index < -0.39 is 5.97 Å². The molecule has 0 aromatic rings. The molecule has 0 radical (unpaired) electrons. The Morgan fingerprint density at radius 2 is 2.00 bits per heavy atom. The lowest BCUT2D eigenvalue weighted by Crippen LogP contribution is -2.49. The largest absolute Gasteiger partial charge is 0.481 e. The SMILES string of the molecule is CCCC1(C(=O)N[C@H]2CC[C@@H](C(=O)O)C2)CCNCC1. The summed E-state index contributed by atoms with van der Waals surface area (Å²) in [6, 6.07) is 0.0483.